The number of rotatable bonds is 12. The van der Waals surface area contributed by atoms with Crippen molar-refractivity contribution in [2.75, 3.05) is 6.54 Å². The Morgan fingerprint density at radius 1 is 0.929 bits per heavy atom. The molecule has 0 fully saturated rings. The molecule has 0 bridgehead atoms. The molecule has 0 aliphatic rings. The lowest BCUT2D eigenvalue weighted by Crippen LogP contribution is -2.50. The van der Waals surface area contributed by atoms with Gasteiger partial charge in [-0.05, 0) is 37.0 Å². The van der Waals surface area contributed by atoms with E-state index in [1.54, 1.807) is 12.1 Å². The number of amides is 1. The van der Waals surface area contributed by atoms with Crippen LogP contribution in [0, 0.1) is 0 Å². The van der Waals surface area contributed by atoms with Crippen LogP contribution in [0.25, 0.3) is 0 Å². The fraction of sp³-hybridized carbons (Fsp3) is 0.458. The lowest BCUT2D eigenvalue weighted by atomic mass is 9.99. The van der Waals surface area contributed by atoms with Crippen LogP contribution in [0.3, 0.4) is 0 Å². The van der Waals surface area contributed by atoms with Gasteiger partial charge < -0.3 is 15.7 Å². The van der Waals surface area contributed by atoms with Crippen molar-refractivity contribution in [3.8, 4) is 0 Å². The Labute approximate surface area is 169 Å². The Morgan fingerprint density at radius 2 is 1.50 bits per heavy atom. The smallest absolute Gasteiger partial charge is 0.251 e. The molecule has 2 rings (SSSR count). The average molecular weight is 383 g/mol. The molecule has 152 valence electrons. The summed E-state index contributed by atoms with van der Waals surface area (Å²) >= 11 is 0. The van der Waals surface area contributed by atoms with Crippen molar-refractivity contribution in [2.45, 2.75) is 64.1 Å². The average Bonchev–Trinajstić information content (AvgIpc) is 2.73. The first-order valence-electron chi connectivity index (χ1n) is 10.4. The predicted octanol–water partition coefficient (Wildman–Crippen LogP) is 3.95. The van der Waals surface area contributed by atoms with Gasteiger partial charge in [0.1, 0.15) is 0 Å². The molecule has 2 aromatic carbocycles. The van der Waals surface area contributed by atoms with Crippen LogP contribution in [0.15, 0.2) is 60.7 Å². The second kappa shape index (κ2) is 12.3. The molecular weight excluding hydrogens is 348 g/mol. The second-order valence-electron chi connectivity index (χ2n) is 7.39. The van der Waals surface area contributed by atoms with Crippen LogP contribution in [0.4, 0.5) is 0 Å². The van der Waals surface area contributed by atoms with Gasteiger partial charge in [-0.3, -0.25) is 4.79 Å². The third-order valence-corrected chi connectivity index (χ3v) is 5.01. The predicted molar refractivity (Wildman–Crippen MR) is 115 cm³/mol. The first-order valence-corrected chi connectivity index (χ1v) is 10.4. The summed E-state index contributed by atoms with van der Waals surface area (Å²) in [6, 6.07) is 19.2. The second-order valence-corrected chi connectivity index (χ2v) is 7.39. The number of benzene rings is 2. The van der Waals surface area contributed by atoms with Crippen molar-refractivity contribution in [3.63, 3.8) is 0 Å². The van der Waals surface area contributed by atoms with Crippen LogP contribution in [0.2, 0.25) is 0 Å². The van der Waals surface area contributed by atoms with Crippen LogP contribution in [-0.4, -0.2) is 35.7 Å². The summed E-state index contributed by atoms with van der Waals surface area (Å²) in [5, 5.41) is 17.4. The topological polar surface area (TPSA) is 61.4 Å². The largest absolute Gasteiger partial charge is 0.390 e. The number of carbonyl (C=O) groups excluding carboxylic acids is 1. The Balaban J connectivity index is 2.04. The van der Waals surface area contributed by atoms with Gasteiger partial charge in [0, 0.05) is 18.2 Å². The number of carbonyl (C=O) groups is 1. The molecule has 0 radical (unpaired) electrons. The van der Waals surface area contributed by atoms with Gasteiger partial charge in [0.2, 0.25) is 0 Å². The zero-order chi connectivity index (χ0) is 20.2. The summed E-state index contributed by atoms with van der Waals surface area (Å²) in [5.41, 5.74) is 1.70. The molecule has 0 aromatic heterocycles. The molecule has 4 heteroatoms. The first kappa shape index (κ1) is 22.1. The summed E-state index contributed by atoms with van der Waals surface area (Å²) in [6.45, 7) is 4.83. The van der Waals surface area contributed by atoms with E-state index in [0.29, 0.717) is 24.6 Å². The van der Waals surface area contributed by atoms with Gasteiger partial charge in [0.05, 0.1) is 12.1 Å². The maximum Gasteiger partial charge on any atom is 0.251 e. The van der Waals surface area contributed by atoms with Crippen molar-refractivity contribution >= 4 is 5.91 Å². The zero-order valence-corrected chi connectivity index (χ0v) is 17.1. The summed E-state index contributed by atoms with van der Waals surface area (Å²) in [4.78, 5) is 12.7. The summed E-state index contributed by atoms with van der Waals surface area (Å²) < 4.78 is 0. The van der Waals surface area contributed by atoms with Gasteiger partial charge >= 0.3 is 0 Å². The molecule has 4 nitrogen and oxygen atoms in total. The number of hydrogen-bond donors (Lipinski definition) is 3. The van der Waals surface area contributed by atoms with Gasteiger partial charge in [-0.1, -0.05) is 75.2 Å². The maximum absolute atomic E-state index is 12.7. The lowest BCUT2D eigenvalue weighted by Gasteiger charge is -2.27. The minimum absolute atomic E-state index is 0.153. The Hall–Kier alpha value is -2.17. The van der Waals surface area contributed by atoms with Crippen LogP contribution < -0.4 is 10.6 Å². The molecule has 0 saturated carbocycles. The summed E-state index contributed by atoms with van der Waals surface area (Å²) in [7, 11) is 0. The third kappa shape index (κ3) is 7.45. The molecule has 0 aliphatic heterocycles. The Bertz CT molecular complexity index is 670. The molecule has 0 unspecified atom stereocenters. The molecule has 1 amide bonds. The van der Waals surface area contributed by atoms with Crippen LogP contribution >= 0.6 is 0 Å². The molecule has 3 N–H and O–H groups in total. The number of aliphatic hydroxyl groups is 1. The monoisotopic (exact) mass is 382 g/mol. The maximum atomic E-state index is 12.7. The van der Waals surface area contributed by atoms with Crippen molar-refractivity contribution in [1.29, 1.82) is 0 Å². The van der Waals surface area contributed by atoms with Gasteiger partial charge in [0.15, 0.2) is 0 Å². The highest BCUT2D eigenvalue weighted by atomic mass is 16.3. The number of hydrogen-bond acceptors (Lipinski definition) is 3. The standard InChI is InChI=1S/C24H34N2O2/c1-3-11-21(12-4-2)25-18-23(27)22(17-19-13-7-5-8-14-19)26-24(28)20-15-9-6-10-16-20/h5-10,13-16,21-23,25,27H,3-4,11-12,17-18H2,1-2H3,(H,26,28)/t22-,23+/m0/s1. The van der Waals surface area contributed by atoms with Crippen LogP contribution in [0.1, 0.15) is 55.5 Å². The van der Waals surface area contributed by atoms with E-state index in [2.05, 4.69) is 24.5 Å². The van der Waals surface area contributed by atoms with E-state index in [0.717, 1.165) is 31.2 Å². The Kier molecular flexibility index (Phi) is 9.73. The molecular formula is C24H34N2O2. The third-order valence-electron chi connectivity index (χ3n) is 5.01. The number of nitrogens with one attached hydrogen (secondary N) is 2. The molecule has 2 atom stereocenters. The quantitative estimate of drug-likeness (QED) is 0.521. The Morgan fingerprint density at radius 3 is 2.07 bits per heavy atom. The minimum atomic E-state index is -0.663. The fourth-order valence-electron chi connectivity index (χ4n) is 3.47. The van der Waals surface area contributed by atoms with Crippen LogP contribution in [-0.2, 0) is 6.42 Å². The van der Waals surface area contributed by atoms with Gasteiger partial charge in [-0.25, -0.2) is 0 Å². The molecule has 0 saturated heterocycles. The number of aliphatic hydroxyl groups excluding tert-OH is 1. The normalized spacial score (nSPS) is 13.3. The van der Waals surface area contributed by atoms with Gasteiger partial charge in [-0.15, -0.1) is 0 Å². The van der Waals surface area contributed by atoms with E-state index in [1.165, 1.54) is 0 Å². The summed E-state index contributed by atoms with van der Waals surface area (Å²) in [5.74, 6) is -0.153. The highest BCUT2D eigenvalue weighted by Gasteiger charge is 2.23. The zero-order valence-electron chi connectivity index (χ0n) is 17.1. The molecule has 0 heterocycles. The SMILES string of the molecule is CCCC(CCC)NC[C@@H](O)[C@H](Cc1ccccc1)NC(=O)c1ccccc1. The van der Waals surface area contributed by atoms with Crippen LogP contribution in [0.5, 0.6) is 0 Å². The van der Waals surface area contributed by atoms with Crippen molar-refractivity contribution in [3.05, 3.63) is 71.8 Å². The van der Waals surface area contributed by atoms with E-state index in [4.69, 9.17) is 0 Å². The molecule has 0 spiro atoms. The fourth-order valence-corrected chi connectivity index (χ4v) is 3.47. The lowest BCUT2D eigenvalue weighted by molar-refractivity contribution is 0.0823. The molecule has 0 aliphatic carbocycles. The highest BCUT2D eigenvalue weighted by Crippen LogP contribution is 2.10. The van der Waals surface area contributed by atoms with E-state index in [9.17, 15) is 9.90 Å². The summed E-state index contributed by atoms with van der Waals surface area (Å²) in [6.07, 6.45) is 4.36. The van der Waals surface area contributed by atoms with E-state index in [1.807, 2.05) is 48.5 Å². The van der Waals surface area contributed by atoms with E-state index >= 15 is 0 Å². The first-order chi connectivity index (χ1) is 13.6. The van der Waals surface area contributed by atoms with Crippen molar-refractivity contribution in [1.82, 2.24) is 10.6 Å². The molecule has 2 aromatic rings. The van der Waals surface area contributed by atoms with E-state index in [-0.39, 0.29) is 11.9 Å². The van der Waals surface area contributed by atoms with Crippen molar-refractivity contribution in [2.24, 2.45) is 0 Å². The van der Waals surface area contributed by atoms with Gasteiger partial charge in [-0.2, -0.15) is 0 Å². The highest BCUT2D eigenvalue weighted by molar-refractivity contribution is 5.94. The van der Waals surface area contributed by atoms with E-state index < -0.39 is 6.10 Å². The minimum Gasteiger partial charge on any atom is -0.390 e. The van der Waals surface area contributed by atoms with Crippen molar-refractivity contribution < 1.29 is 9.90 Å². The molecule has 28 heavy (non-hydrogen) atoms. The van der Waals surface area contributed by atoms with Gasteiger partial charge in [0.25, 0.3) is 5.91 Å².